The van der Waals surface area contributed by atoms with Crippen LogP contribution in [-0.4, -0.2) is 12.8 Å². The van der Waals surface area contributed by atoms with E-state index in [4.69, 9.17) is 0 Å². The van der Waals surface area contributed by atoms with Gasteiger partial charge in [0.2, 0.25) is 0 Å². The summed E-state index contributed by atoms with van der Waals surface area (Å²) < 4.78 is 0.966. The molecule has 20 heavy (non-hydrogen) atoms. The van der Waals surface area contributed by atoms with E-state index in [0.29, 0.717) is 0 Å². The van der Waals surface area contributed by atoms with Crippen LogP contribution in [0.5, 0.6) is 0 Å². The molecule has 0 atom stereocenters. The maximum Gasteiger partial charge on any atom is 0.161 e. The van der Waals surface area contributed by atoms with E-state index in [1.54, 1.807) is 6.92 Å². The lowest BCUT2D eigenvalue weighted by Gasteiger charge is -2.23. The van der Waals surface area contributed by atoms with Gasteiger partial charge in [-0.25, -0.2) is 0 Å². The van der Waals surface area contributed by atoms with Crippen molar-refractivity contribution >= 4 is 33.1 Å². The third-order valence-corrected chi connectivity index (χ3v) is 3.79. The van der Waals surface area contributed by atoms with Crippen LogP contribution in [0.2, 0.25) is 0 Å². The predicted octanol–water partition coefficient (Wildman–Crippen LogP) is 5.04. The number of halogens is 1. The first kappa shape index (κ1) is 14.8. The summed E-state index contributed by atoms with van der Waals surface area (Å²) in [4.78, 5) is 13.9. The molecular weight excluding hydrogens is 314 g/mol. The van der Waals surface area contributed by atoms with Crippen molar-refractivity contribution in [1.82, 2.24) is 0 Å². The number of Topliss-reactive ketones (excluding diaryl/α,β-unsaturated/α-hetero) is 1. The summed E-state index contributed by atoms with van der Waals surface area (Å²) in [6.07, 6.45) is 0. The van der Waals surface area contributed by atoms with E-state index in [1.165, 1.54) is 11.1 Å². The second kappa shape index (κ2) is 5.80. The van der Waals surface area contributed by atoms with Gasteiger partial charge in [-0.2, -0.15) is 0 Å². The molecule has 0 aliphatic rings. The Labute approximate surface area is 128 Å². The number of aryl methyl sites for hydroxylation is 2. The minimum Gasteiger partial charge on any atom is -0.344 e. The summed E-state index contributed by atoms with van der Waals surface area (Å²) in [6.45, 7) is 5.76. The van der Waals surface area contributed by atoms with Crippen molar-refractivity contribution in [2.45, 2.75) is 20.8 Å². The zero-order valence-electron chi connectivity index (χ0n) is 12.2. The summed E-state index contributed by atoms with van der Waals surface area (Å²) >= 11 is 3.48. The second-order valence-corrected chi connectivity index (χ2v) is 6.04. The van der Waals surface area contributed by atoms with Crippen molar-refractivity contribution in [2.24, 2.45) is 0 Å². The quantitative estimate of drug-likeness (QED) is 0.734. The Kier molecular flexibility index (Phi) is 4.29. The van der Waals surface area contributed by atoms with Gasteiger partial charge in [0, 0.05) is 22.8 Å². The molecule has 0 amide bonds. The highest BCUT2D eigenvalue weighted by Gasteiger charge is 2.13. The maximum absolute atomic E-state index is 11.8. The summed E-state index contributed by atoms with van der Waals surface area (Å²) in [7, 11) is 1.99. The lowest BCUT2D eigenvalue weighted by atomic mass is 10.1. The van der Waals surface area contributed by atoms with Crippen LogP contribution >= 0.6 is 15.9 Å². The van der Waals surface area contributed by atoms with Gasteiger partial charge in [-0.15, -0.1) is 0 Å². The Bertz CT molecular complexity index is 644. The van der Waals surface area contributed by atoms with Crippen LogP contribution < -0.4 is 4.90 Å². The smallest absolute Gasteiger partial charge is 0.161 e. The molecule has 0 saturated heterocycles. The van der Waals surface area contributed by atoms with Crippen molar-refractivity contribution < 1.29 is 4.79 Å². The molecule has 0 heterocycles. The predicted molar refractivity (Wildman–Crippen MR) is 88.1 cm³/mol. The van der Waals surface area contributed by atoms with E-state index in [2.05, 4.69) is 52.9 Å². The fraction of sp³-hybridized carbons (Fsp3) is 0.235. The molecule has 104 valence electrons. The Balaban J connectivity index is 2.54. The fourth-order valence-corrected chi connectivity index (χ4v) is 2.71. The molecule has 2 rings (SSSR count). The van der Waals surface area contributed by atoms with Crippen LogP contribution in [0.1, 0.15) is 28.4 Å². The summed E-state index contributed by atoms with van der Waals surface area (Å²) in [6, 6.07) is 12.1. The zero-order valence-corrected chi connectivity index (χ0v) is 13.8. The van der Waals surface area contributed by atoms with Gasteiger partial charge in [0.25, 0.3) is 0 Å². The molecule has 0 fully saturated rings. The van der Waals surface area contributed by atoms with E-state index in [0.717, 1.165) is 21.4 Å². The van der Waals surface area contributed by atoms with Crippen LogP contribution in [-0.2, 0) is 0 Å². The Morgan fingerprint density at radius 1 is 1.05 bits per heavy atom. The molecule has 2 nitrogen and oxygen atoms in total. The molecule has 0 aliphatic heterocycles. The molecule has 0 N–H and O–H groups in total. The van der Waals surface area contributed by atoms with Crippen molar-refractivity contribution in [2.75, 3.05) is 11.9 Å². The minimum absolute atomic E-state index is 0.0729. The number of hydrogen-bond donors (Lipinski definition) is 0. The standard InChI is InChI=1S/C17H18BrNO/c1-11-7-12(2)9-15(8-11)19(4)17-10-14(18)5-6-16(17)13(3)20/h5-10H,1-4H3. The number of carbonyl (C=O) groups excluding carboxylic acids is 1. The maximum atomic E-state index is 11.8. The largest absolute Gasteiger partial charge is 0.344 e. The van der Waals surface area contributed by atoms with E-state index >= 15 is 0 Å². The van der Waals surface area contributed by atoms with Gasteiger partial charge < -0.3 is 4.90 Å². The van der Waals surface area contributed by atoms with Crippen LogP contribution in [0.15, 0.2) is 40.9 Å². The average molecular weight is 332 g/mol. The van der Waals surface area contributed by atoms with Crippen LogP contribution in [0.3, 0.4) is 0 Å². The first-order valence-electron chi connectivity index (χ1n) is 6.51. The lowest BCUT2D eigenvalue weighted by Crippen LogP contribution is -2.13. The lowest BCUT2D eigenvalue weighted by molar-refractivity contribution is 0.101. The highest BCUT2D eigenvalue weighted by molar-refractivity contribution is 9.10. The Morgan fingerprint density at radius 3 is 2.20 bits per heavy atom. The molecule has 0 unspecified atom stereocenters. The Hall–Kier alpha value is -1.61. The number of anilines is 2. The third-order valence-electron chi connectivity index (χ3n) is 3.29. The molecule has 0 saturated carbocycles. The third kappa shape index (κ3) is 3.10. The monoisotopic (exact) mass is 331 g/mol. The van der Waals surface area contributed by atoms with Gasteiger partial charge >= 0.3 is 0 Å². The molecule has 0 aromatic heterocycles. The molecular formula is C17H18BrNO. The number of rotatable bonds is 3. The fourth-order valence-electron chi connectivity index (χ4n) is 2.36. The first-order chi connectivity index (χ1) is 9.38. The van der Waals surface area contributed by atoms with Gasteiger partial charge in [0.05, 0.1) is 5.69 Å². The number of benzene rings is 2. The molecule has 2 aromatic carbocycles. The summed E-state index contributed by atoms with van der Waals surface area (Å²) in [5.74, 6) is 0.0729. The van der Waals surface area contributed by atoms with E-state index in [1.807, 2.05) is 25.2 Å². The van der Waals surface area contributed by atoms with Gasteiger partial charge in [-0.3, -0.25) is 4.79 Å². The number of hydrogen-bond acceptors (Lipinski definition) is 2. The van der Waals surface area contributed by atoms with Crippen molar-refractivity contribution in [1.29, 1.82) is 0 Å². The van der Waals surface area contributed by atoms with E-state index in [9.17, 15) is 4.79 Å². The molecule has 0 radical (unpaired) electrons. The second-order valence-electron chi connectivity index (χ2n) is 5.12. The Morgan fingerprint density at radius 2 is 1.65 bits per heavy atom. The number of carbonyl (C=O) groups is 1. The number of ketones is 1. The molecule has 0 aliphatic carbocycles. The number of nitrogens with zero attached hydrogens (tertiary/aromatic N) is 1. The molecule has 0 bridgehead atoms. The molecule has 0 spiro atoms. The van der Waals surface area contributed by atoms with Crippen LogP contribution in [0, 0.1) is 13.8 Å². The van der Waals surface area contributed by atoms with Gasteiger partial charge in [0.15, 0.2) is 5.78 Å². The SMILES string of the molecule is CC(=O)c1ccc(Br)cc1N(C)c1cc(C)cc(C)c1. The minimum atomic E-state index is 0.0729. The van der Waals surface area contributed by atoms with E-state index < -0.39 is 0 Å². The molecule has 2 aromatic rings. The first-order valence-corrected chi connectivity index (χ1v) is 7.30. The highest BCUT2D eigenvalue weighted by atomic mass is 79.9. The van der Waals surface area contributed by atoms with Gasteiger partial charge in [0.1, 0.15) is 0 Å². The van der Waals surface area contributed by atoms with E-state index in [-0.39, 0.29) is 5.78 Å². The van der Waals surface area contributed by atoms with Crippen LogP contribution in [0.4, 0.5) is 11.4 Å². The van der Waals surface area contributed by atoms with Gasteiger partial charge in [-0.05, 0) is 62.2 Å². The molecule has 3 heteroatoms. The van der Waals surface area contributed by atoms with Crippen molar-refractivity contribution in [3.63, 3.8) is 0 Å². The summed E-state index contributed by atoms with van der Waals surface area (Å²) in [5, 5.41) is 0. The average Bonchev–Trinajstić information content (AvgIpc) is 2.36. The van der Waals surface area contributed by atoms with Crippen LogP contribution in [0.25, 0.3) is 0 Å². The van der Waals surface area contributed by atoms with Crippen molar-refractivity contribution in [3.8, 4) is 0 Å². The van der Waals surface area contributed by atoms with Crippen molar-refractivity contribution in [3.05, 3.63) is 57.6 Å². The zero-order chi connectivity index (χ0) is 14.9. The highest BCUT2D eigenvalue weighted by Crippen LogP contribution is 2.31. The normalized spacial score (nSPS) is 10.4. The van der Waals surface area contributed by atoms with Gasteiger partial charge in [-0.1, -0.05) is 22.0 Å². The summed E-state index contributed by atoms with van der Waals surface area (Å²) in [5.41, 5.74) is 5.16. The topological polar surface area (TPSA) is 20.3 Å².